The Labute approximate surface area is 289 Å². The highest BCUT2D eigenvalue weighted by molar-refractivity contribution is 5.91. The van der Waals surface area contributed by atoms with E-state index in [0.29, 0.717) is 58.2 Å². The van der Waals surface area contributed by atoms with Gasteiger partial charge in [-0.15, -0.1) is 0 Å². The molecule has 0 saturated carbocycles. The minimum atomic E-state index is -0.946. The first-order valence-electron chi connectivity index (χ1n) is 18.0. The van der Waals surface area contributed by atoms with Gasteiger partial charge in [-0.05, 0) is 67.9 Å². The predicted molar refractivity (Wildman–Crippen MR) is 186 cm³/mol. The number of likely N-dealkylation sites (tertiary alicyclic amines) is 2. The molecule has 49 heavy (non-hydrogen) atoms. The molecule has 5 heterocycles. The summed E-state index contributed by atoms with van der Waals surface area (Å²) in [6.07, 6.45) is 2.74. The smallest absolute Gasteiger partial charge is 0.410 e. The van der Waals surface area contributed by atoms with Crippen molar-refractivity contribution in [3.8, 4) is 5.75 Å². The maximum atomic E-state index is 14.2. The number of piperidine rings is 2. The van der Waals surface area contributed by atoms with Crippen LogP contribution in [0.4, 0.5) is 21.0 Å². The van der Waals surface area contributed by atoms with Crippen LogP contribution in [0.15, 0.2) is 36.4 Å². The summed E-state index contributed by atoms with van der Waals surface area (Å²) >= 11 is 0. The third-order valence-electron chi connectivity index (χ3n) is 11.0. The van der Waals surface area contributed by atoms with E-state index >= 15 is 0 Å². The first-order chi connectivity index (χ1) is 23.8. The second-order valence-corrected chi connectivity index (χ2v) is 14.1. The molecule has 7 rings (SSSR count). The van der Waals surface area contributed by atoms with E-state index in [4.69, 9.17) is 14.2 Å². The lowest BCUT2D eigenvalue weighted by molar-refractivity contribution is -0.142. The molecule has 3 saturated heterocycles. The predicted octanol–water partition coefficient (Wildman–Crippen LogP) is 3.75. The molecule has 2 aromatic carbocycles. The van der Waals surface area contributed by atoms with E-state index in [1.807, 2.05) is 34.1 Å². The number of amides is 4. The fourth-order valence-electron chi connectivity index (χ4n) is 8.23. The van der Waals surface area contributed by atoms with Gasteiger partial charge in [0.15, 0.2) is 6.10 Å². The van der Waals surface area contributed by atoms with Gasteiger partial charge in [-0.2, -0.15) is 0 Å². The van der Waals surface area contributed by atoms with Gasteiger partial charge in [0, 0.05) is 77.1 Å². The number of nitrogens with zero attached hydrogens (tertiary/aromatic N) is 5. The number of fused-ring (bicyclic) bond motifs is 2. The number of carbonyl (C=O) groups is 3. The van der Waals surface area contributed by atoms with Crippen molar-refractivity contribution in [3.05, 3.63) is 53.1 Å². The molecule has 3 fully saturated rings. The summed E-state index contributed by atoms with van der Waals surface area (Å²) in [6.45, 7) is 9.69. The van der Waals surface area contributed by atoms with Gasteiger partial charge in [-0.1, -0.05) is 24.3 Å². The highest BCUT2D eigenvalue weighted by Crippen LogP contribution is 2.36. The maximum absolute atomic E-state index is 14.2. The first kappa shape index (κ1) is 33.5. The van der Waals surface area contributed by atoms with Crippen molar-refractivity contribution in [2.75, 3.05) is 89.4 Å². The molecule has 1 N–H and O–H groups in total. The van der Waals surface area contributed by atoms with Gasteiger partial charge in [-0.3, -0.25) is 9.69 Å². The zero-order chi connectivity index (χ0) is 33.9. The van der Waals surface area contributed by atoms with E-state index in [-0.39, 0.29) is 24.4 Å². The zero-order valence-corrected chi connectivity index (χ0v) is 28.9. The standard InChI is InChI=1S/C37H50N6O6/c1-26-23-27(24-32-34(26)39(2)17-22-48-32)25-33(35(44)41-12-8-29(9-13-41)40-18-20-47-21-19-40)49-37(46)42-14-10-30(11-15-42)43-16-7-28-5-3-4-6-31(28)38-36(43)45/h3-6,23-24,29-30,33H,7-22,25H2,1-2H3,(H,38,45)/t33-/m1/s1. The molecule has 0 bridgehead atoms. The molecular weight excluding hydrogens is 624 g/mol. The van der Waals surface area contributed by atoms with Crippen LogP contribution in [0.5, 0.6) is 5.75 Å². The average Bonchev–Trinajstić information content (AvgIpc) is 3.29. The summed E-state index contributed by atoms with van der Waals surface area (Å²) in [7, 11) is 2.06. The molecule has 5 aliphatic heterocycles. The molecule has 264 valence electrons. The second kappa shape index (κ2) is 14.8. The molecule has 12 nitrogen and oxygen atoms in total. The summed E-state index contributed by atoms with van der Waals surface area (Å²) in [4.78, 5) is 51.2. The van der Waals surface area contributed by atoms with Crippen LogP contribution in [0.2, 0.25) is 0 Å². The van der Waals surface area contributed by atoms with Crippen LogP contribution in [0.3, 0.4) is 0 Å². The number of likely N-dealkylation sites (N-methyl/N-ethyl adjacent to an activating group) is 1. The Bertz CT molecular complexity index is 1510. The lowest BCUT2D eigenvalue weighted by atomic mass is 9.99. The lowest BCUT2D eigenvalue weighted by Gasteiger charge is -2.41. The van der Waals surface area contributed by atoms with Crippen molar-refractivity contribution >= 4 is 29.4 Å². The normalized spacial score (nSPS) is 21.6. The highest BCUT2D eigenvalue weighted by atomic mass is 16.6. The second-order valence-electron chi connectivity index (χ2n) is 14.1. The molecule has 0 aliphatic carbocycles. The Kier molecular flexibility index (Phi) is 10.1. The van der Waals surface area contributed by atoms with E-state index in [0.717, 1.165) is 85.9 Å². The minimum Gasteiger partial charge on any atom is -0.490 e. The van der Waals surface area contributed by atoms with Crippen LogP contribution in [0.1, 0.15) is 42.4 Å². The number of benzene rings is 2. The Morgan fingerprint density at radius 1 is 0.898 bits per heavy atom. The Hall–Kier alpha value is -4.03. The third-order valence-corrected chi connectivity index (χ3v) is 11.0. The fourth-order valence-corrected chi connectivity index (χ4v) is 8.23. The first-order valence-corrected chi connectivity index (χ1v) is 18.0. The zero-order valence-electron chi connectivity index (χ0n) is 28.9. The number of hydrogen-bond donors (Lipinski definition) is 1. The summed E-state index contributed by atoms with van der Waals surface area (Å²) in [5, 5.41) is 3.06. The number of urea groups is 1. The van der Waals surface area contributed by atoms with E-state index in [9.17, 15) is 14.4 Å². The molecule has 0 spiro atoms. The third kappa shape index (κ3) is 7.45. The minimum absolute atomic E-state index is 0.0279. The number of ether oxygens (including phenoxy) is 3. The van der Waals surface area contributed by atoms with Gasteiger partial charge in [0.05, 0.1) is 25.4 Å². The molecule has 0 radical (unpaired) electrons. The number of carbonyl (C=O) groups excluding carboxylic acids is 3. The van der Waals surface area contributed by atoms with Crippen LogP contribution in [0, 0.1) is 6.92 Å². The molecule has 2 aromatic rings. The van der Waals surface area contributed by atoms with Gasteiger partial charge in [0.2, 0.25) is 0 Å². The number of aryl methyl sites for hydroxylation is 1. The van der Waals surface area contributed by atoms with Crippen LogP contribution in [-0.4, -0.2) is 135 Å². The molecule has 1 atom stereocenters. The number of anilines is 2. The maximum Gasteiger partial charge on any atom is 0.410 e. The number of para-hydroxylation sites is 1. The molecule has 12 heteroatoms. The van der Waals surface area contributed by atoms with Crippen LogP contribution in [-0.2, 0) is 27.1 Å². The number of hydrogen-bond acceptors (Lipinski definition) is 8. The Balaban J connectivity index is 1.01. The SMILES string of the molecule is Cc1cc(C[C@@H](OC(=O)N2CCC(N3CCc4ccccc4NC3=O)CC2)C(=O)N2CCC(N3CCOCC3)CC2)cc2c1N(C)CCO2. The van der Waals surface area contributed by atoms with Crippen LogP contribution >= 0.6 is 0 Å². The lowest BCUT2D eigenvalue weighted by Crippen LogP contribution is -2.53. The average molecular weight is 675 g/mol. The van der Waals surface area contributed by atoms with E-state index < -0.39 is 12.2 Å². The van der Waals surface area contributed by atoms with E-state index in [1.54, 1.807) is 4.90 Å². The van der Waals surface area contributed by atoms with Crippen molar-refractivity contribution in [2.24, 2.45) is 0 Å². The fraction of sp³-hybridized carbons (Fsp3) is 0.595. The summed E-state index contributed by atoms with van der Waals surface area (Å²) in [6, 6.07) is 12.4. The summed E-state index contributed by atoms with van der Waals surface area (Å²) in [5.74, 6) is 0.660. The summed E-state index contributed by atoms with van der Waals surface area (Å²) in [5.41, 5.74) is 5.04. The van der Waals surface area contributed by atoms with Crippen molar-refractivity contribution < 1.29 is 28.6 Å². The number of rotatable bonds is 6. The van der Waals surface area contributed by atoms with Gasteiger partial charge < -0.3 is 39.1 Å². The summed E-state index contributed by atoms with van der Waals surface area (Å²) < 4.78 is 17.7. The van der Waals surface area contributed by atoms with Gasteiger partial charge >= 0.3 is 12.1 Å². The Morgan fingerprint density at radius 3 is 2.39 bits per heavy atom. The van der Waals surface area contributed by atoms with Crippen molar-refractivity contribution in [1.29, 1.82) is 0 Å². The highest BCUT2D eigenvalue weighted by Gasteiger charge is 2.36. The van der Waals surface area contributed by atoms with Crippen molar-refractivity contribution in [3.63, 3.8) is 0 Å². The van der Waals surface area contributed by atoms with Gasteiger partial charge in [-0.25, -0.2) is 9.59 Å². The van der Waals surface area contributed by atoms with Crippen molar-refractivity contribution in [1.82, 2.24) is 19.6 Å². The molecule has 5 aliphatic rings. The van der Waals surface area contributed by atoms with Crippen LogP contribution < -0.4 is 15.0 Å². The van der Waals surface area contributed by atoms with E-state index in [2.05, 4.69) is 41.2 Å². The number of nitrogens with one attached hydrogen (secondary N) is 1. The van der Waals surface area contributed by atoms with Gasteiger partial charge in [0.1, 0.15) is 12.4 Å². The Morgan fingerprint density at radius 2 is 1.61 bits per heavy atom. The van der Waals surface area contributed by atoms with Crippen molar-refractivity contribution in [2.45, 2.75) is 63.6 Å². The molecule has 0 aromatic heterocycles. The largest absolute Gasteiger partial charge is 0.490 e. The quantitative estimate of drug-likeness (QED) is 0.494. The number of morpholine rings is 1. The molecule has 4 amide bonds. The topological polar surface area (TPSA) is 107 Å². The van der Waals surface area contributed by atoms with Gasteiger partial charge in [0.25, 0.3) is 5.91 Å². The monoisotopic (exact) mass is 674 g/mol. The molecular formula is C37H50N6O6. The van der Waals surface area contributed by atoms with E-state index in [1.165, 1.54) is 0 Å². The molecule has 0 unspecified atom stereocenters. The van der Waals surface area contributed by atoms with Crippen LogP contribution in [0.25, 0.3) is 0 Å².